The van der Waals surface area contributed by atoms with Crippen LogP contribution in [-0.2, 0) is 31.1 Å². The topological polar surface area (TPSA) is 104 Å². The fourth-order valence-electron chi connectivity index (χ4n) is 2.77. The van der Waals surface area contributed by atoms with Gasteiger partial charge in [0.15, 0.2) is 9.84 Å². The van der Waals surface area contributed by atoms with E-state index in [1.165, 1.54) is 31.4 Å². The maximum absolute atomic E-state index is 12.8. The van der Waals surface area contributed by atoms with Crippen molar-refractivity contribution in [2.45, 2.75) is 23.3 Å². The molecule has 1 aromatic heterocycles. The van der Waals surface area contributed by atoms with Crippen molar-refractivity contribution in [2.24, 2.45) is 4.40 Å². The van der Waals surface area contributed by atoms with Crippen LogP contribution in [0.4, 0.5) is 0 Å². The lowest BCUT2D eigenvalue weighted by atomic mass is 10.3. The van der Waals surface area contributed by atoms with Crippen LogP contribution in [-0.4, -0.2) is 48.0 Å². The van der Waals surface area contributed by atoms with Gasteiger partial charge in [-0.1, -0.05) is 11.3 Å². The van der Waals surface area contributed by atoms with Crippen molar-refractivity contribution in [1.82, 2.24) is 4.57 Å². The molecule has 0 saturated carbocycles. The molecule has 0 radical (unpaired) electrons. The lowest BCUT2D eigenvalue weighted by molar-refractivity contribution is 0.139. The summed E-state index contributed by atoms with van der Waals surface area (Å²) >= 11 is 1.11. The zero-order valence-corrected chi connectivity index (χ0v) is 19.2. The molecule has 11 heteroatoms. The largest absolute Gasteiger partial charge is 0.497 e. The van der Waals surface area contributed by atoms with Crippen LogP contribution < -0.4 is 9.54 Å². The highest BCUT2D eigenvalue weighted by Crippen LogP contribution is 2.23. The highest BCUT2D eigenvalue weighted by molar-refractivity contribution is 7.90. The molecule has 0 unspecified atom stereocenters. The predicted molar refractivity (Wildman–Crippen MR) is 115 cm³/mol. The first-order chi connectivity index (χ1) is 14.2. The maximum Gasteiger partial charge on any atom is 0.285 e. The molecule has 3 rings (SSSR count). The molecule has 0 spiro atoms. The highest BCUT2D eigenvalue weighted by atomic mass is 32.2. The number of nitrogens with zero attached hydrogens (tertiary/aromatic N) is 2. The van der Waals surface area contributed by atoms with E-state index in [1.807, 2.05) is 6.92 Å². The molecule has 2 aromatic carbocycles. The summed E-state index contributed by atoms with van der Waals surface area (Å²) in [6.45, 7) is 3.14. The van der Waals surface area contributed by atoms with Gasteiger partial charge in [-0.3, -0.25) is 0 Å². The van der Waals surface area contributed by atoms with E-state index < -0.39 is 19.9 Å². The lowest BCUT2D eigenvalue weighted by Gasteiger charge is -2.06. The average Bonchev–Trinajstić information content (AvgIpc) is 3.03. The van der Waals surface area contributed by atoms with Gasteiger partial charge < -0.3 is 14.0 Å². The van der Waals surface area contributed by atoms with Crippen LogP contribution in [0.2, 0.25) is 0 Å². The molecular formula is C19H22N2O6S3. The normalized spacial score (nSPS) is 13.1. The lowest BCUT2D eigenvalue weighted by Crippen LogP contribution is -2.20. The standard InChI is InChI=1S/C19H22N2O6S3/c1-4-27-12-11-21-17-10-9-16(29(3,22)23)13-18(17)28-19(21)20-30(24,25)15-7-5-14(26-2)6-8-15/h5-10,13H,4,11-12H2,1-3H3. The Morgan fingerprint density at radius 1 is 1.03 bits per heavy atom. The Kier molecular flexibility index (Phi) is 6.65. The van der Waals surface area contributed by atoms with Crippen LogP contribution in [0.5, 0.6) is 5.75 Å². The predicted octanol–water partition coefficient (Wildman–Crippen LogP) is 2.44. The number of sulfonamides is 1. The molecular weight excluding hydrogens is 448 g/mol. The van der Waals surface area contributed by atoms with Gasteiger partial charge >= 0.3 is 0 Å². The van der Waals surface area contributed by atoms with Gasteiger partial charge in [-0.15, -0.1) is 4.40 Å². The Hall–Kier alpha value is -2.21. The quantitative estimate of drug-likeness (QED) is 0.469. The minimum atomic E-state index is -3.98. The van der Waals surface area contributed by atoms with Gasteiger partial charge in [0.25, 0.3) is 10.0 Å². The zero-order valence-electron chi connectivity index (χ0n) is 16.7. The molecule has 3 aromatic rings. The molecule has 0 bridgehead atoms. The molecule has 1 heterocycles. The number of hydrogen-bond acceptors (Lipinski definition) is 7. The summed E-state index contributed by atoms with van der Waals surface area (Å²) in [5, 5.41) is 0. The van der Waals surface area contributed by atoms with Crippen molar-refractivity contribution in [2.75, 3.05) is 26.6 Å². The molecule has 0 N–H and O–H groups in total. The SMILES string of the molecule is CCOCCn1c(=NS(=O)(=O)c2ccc(OC)cc2)sc2cc(S(C)(=O)=O)ccc21. The molecule has 162 valence electrons. The number of methoxy groups -OCH3 is 1. The van der Waals surface area contributed by atoms with E-state index >= 15 is 0 Å². The second kappa shape index (κ2) is 8.88. The second-order valence-electron chi connectivity index (χ2n) is 6.38. The van der Waals surface area contributed by atoms with Gasteiger partial charge in [-0.2, -0.15) is 8.42 Å². The first-order valence-electron chi connectivity index (χ1n) is 9.02. The highest BCUT2D eigenvalue weighted by Gasteiger charge is 2.16. The Balaban J connectivity index is 2.17. The number of fused-ring (bicyclic) bond motifs is 1. The van der Waals surface area contributed by atoms with Gasteiger partial charge in [0, 0.05) is 19.4 Å². The van der Waals surface area contributed by atoms with Crippen molar-refractivity contribution in [3.63, 3.8) is 0 Å². The van der Waals surface area contributed by atoms with Crippen molar-refractivity contribution < 1.29 is 26.3 Å². The Bertz CT molecular complexity index is 1320. The summed E-state index contributed by atoms with van der Waals surface area (Å²) in [4.78, 5) is 0.442. The molecule has 0 aliphatic heterocycles. The summed E-state index contributed by atoms with van der Waals surface area (Å²) in [7, 11) is -5.87. The molecule has 30 heavy (non-hydrogen) atoms. The number of benzene rings is 2. The zero-order chi connectivity index (χ0) is 21.9. The van der Waals surface area contributed by atoms with E-state index in [1.54, 1.807) is 22.8 Å². The smallest absolute Gasteiger partial charge is 0.285 e. The Labute approximate surface area is 179 Å². The summed E-state index contributed by atoms with van der Waals surface area (Å²) in [6, 6.07) is 10.7. The van der Waals surface area contributed by atoms with Crippen molar-refractivity contribution >= 4 is 41.4 Å². The van der Waals surface area contributed by atoms with Crippen molar-refractivity contribution in [3.05, 3.63) is 47.3 Å². The molecule has 0 saturated heterocycles. The van der Waals surface area contributed by atoms with Gasteiger partial charge in [0.05, 0.1) is 33.7 Å². The van der Waals surface area contributed by atoms with E-state index in [4.69, 9.17) is 9.47 Å². The maximum atomic E-state index is 12.8. The monoisotopic (exact) mass is 470 g/mol. The molecule has 0 aliphatic carbocycles. The fraction of sp³-hybridized carbons (Fsp3) is 0.316. The van der Waals surface area contributed by atoms with Gasteiger partial charge in [0.1, 0.15) is 5.75 Å². The van der Waals surface area contributed by atoms with Crippen LogP contribution in [0.1, 0.15) is 6.92 Å². The van der Waals surface area contributed by atoms with Crippen molar-refractivity contribution in [1.29, 1.82) is 0 Å². The minimum absolute atomic E-state index is 0.0361. The number of aromatic nitrogens is 1. The van der Waals surface area contributed by atoms with E-state index in [-0.39, 0.29) is 14.6 Å². The van der Waals surface area contributed by atoms with E-state index in [0.29, 0.717) is 35.7 Å². The number of sulfone groups is 1. The van der Waals surface area contributed by atoms with E-state index in [0.717, 1.165) is 17.6 Å². The fourth-order valence-corrected chi connectivity index (χ4v) is 5.79. The third kappa shape index (κ3) is 4.91. The number of rotatable bonds is 8. The first-order valence-corrected chi connectivity index (χ1v) is 13.2. The summed E-state index contributed by atoms with van der Waals surface area (Å²) in [5.74, 6) is 0.538. The van der Waals surface area contributed by atoms with Crippen LogP contribution in [0.15, 0.2) is 56.7 Å². The number of hydrogen-bond donors (Lipinski definition) is 0. The summed E-state index contributed by atoms with van der Waals surface area (Å²) in [6.07, 6.45) is 1.13. The average molecular weight is 471 g/mol. The molecule has 0 atom stereocenters. The van der Waals surface area contributed by atoms with Crippen LogP contribution >= 0.6 is 11.3 Å². The third-order valence-corrected chi connectivity index (χ3v) is 7.85. The minimum Gasteiger partial charge on any atom is -0.497 e. The van der Waals surface area contributed by atoms with Gasteiger partial charge in [-0.25, -0.2) is 8.42 Å². The van der Waals surface area contributed by atoms with Gasteiger partial charge in [0.2, 0.25) is 4.80 Å². The Morgan fingerprint density at radius 2 is 1.70 bits per heavy atom. The summed E-state index contributed by atoms with van der Waals surface area (Å²) < 4.78 is 66.3. The van der Waals surface area contributed by atoms with Crippen LogP contribution in [0, 0.1) is 0 Å². The molecule has 0 amide bonds. The summed E-state index contributed by atoms with van der Waals surface area (Å²) in [5.41, 5.74) is 0.691. The molecule has 8 nitrogen and oxygen atoms in total. The Morgan fingerprint density at radius 3 is 2.30 bits per heavy atom. The number of thiazole rings is 1. The van der Waals surface area contributed by atoms with Crippen LogP contribution in [0.25, 0.3) is 10.2 Å². The second-order valence-corrected chi connectivity index (χ2v) is 11.0. The van der Waals surface area contributed by atoms with Crippen molar-refractivity contribution in [3.8, 4) is 5.75 Å². The molecule has 0 fully saturated rings. The first kappa shape index (κ1) is 22.5. The van der Waals surface area contributed by atoms with Crippen LogP contribution in [0.3, 0.4) is 0 Å². The molecule has 0 aliphatic rings. The third-order valence-electron chi connectivity index (χ3n) is 4.30. The van der Waals surface area contributed by atoms with Gasteiger partial charge in [-0.05, 0) is 49.4 Å². The van der Waals surface area contributed by atoms with E-state index in [2.05, 4.69) is 4.40 Å². The van der Waals surface area contributed by atoms with E-state index in [9.17, 15) is 16.8 Å². The number of ether oxygens (including phenoxy) is 2.